The van der Waals surface area contributed by atoms with Crippen LogP contribution in [0.5, 0.6) is 0 Å². The molecule has 0 spiro atoms. The number of aromatic nitrogens is 1. The molecular formula is C41H50N6O8. The molecule has 292 valence electrons. The van der Waals surface area contributed by atoms with Gasteiger partial charge in [-0.15, -0.1) is 5.06 Å². The van der Waals surface area contributed by atoms with E-state index in [1.807, 2.05) is 85.2 Å². The van der Waals surface area contributed by atoms with Crippen LogP contribution in [0.4, 0.5) is 0 Å². The number of pyridine rings is 1. The Morgan fingerprint density at radius 2 is 1.65 bits per heavy atom. The van der Waals surface area contributed by atoms with Crippen LogP contribution in [0.2, 0.25) is 0 Å². The van der Waals surface area contributed by atoms with Gasteiger partial charge in [0, 0.05) is 63.4 Å². The zero-order chi connectivity index (χ0) is 39.3. The second-order valence-electron chi connectivity index (χ2n) is 15.7. The first-order valence-corrected chi connectivity index (χ1v) is 18.8. The maximum absolute atomic E-state index is 13.9. The number of carbonyl (C=O) groups is 5. The van der Waals surface area contributed by atoms with E-state index in [1.54, 1.807) is 12.1 Å². The largest absolute Gasteiger partial charge is 0.392 e. The summed E-state index contributed by atoms with van der Waals surface area (Å²) in [6.45, 7) is 7.39. The SMILES string of the molecule is CC(C)(C)NC(=O)C1CN(Cc2cccc(C(=O)ON3C(=O)CCC3=O)n2)CCN1CC(O)CC(Cc1ccccc1)C(=O)NC1c2ccccc2CC1O. The van der Waals surface area contributed by atoms with E-state index in [1.165, 1.54) is 6.07 Å². The van der Waals surface area contributed by atoms with E-state index in [-0.39, 0.29) is 43.3 Å². The lowest BCUT2D eigenvalue weighted by Crippen LogP contribution is -2.62. The Bertz CT molecular complexity index is 1870. The molecule has 3 heterocycles. The lowest BCUT2D eigenvalue weighted by Gasteiger charge is -2.42. The molecule has 0 radical (unpaired) electrons. The Kier molecular flexibility index (Phi) is 12.4. The molecule has 1 aromatic heterocycles. The molecule has 2 aliphatic heterocycles. The molecule has 14 nitrogen and oxygen atoms in total. The number of β-amino-alcohol motifs (C(OH)–C–C–N with tert-alkyl or cyclic N) is 1. The fourth-order valence-corrected chi connectivity index (χ4v) is 7.51. The molecule has 5 unspecified atom stereocenters. The highest BCUT2D eigenvalue weighted by Gasteiger charge is 2.38. The quantitative estimate of drug-likeness (QED) is 0.188. The lowest BCUT2D eigenvalue weighted by molar-refractivity contribution is -0.172. The number of nitrogens with one attached hydrogen (secondary N) is 2. The standard InChI is InChI=1S/C41H50N6O8/c1-41(2,3)44-39(53)33-25-45(23-29-13-9-15-32(42-29)40(54)55-47-35(50)16-17-36(47)51)18-19-46(33)24-30(48)21-28(20-26-10-5-4-6-11-26)38(52)43-37-31-14-8-7-12-27(31)22-34(37)49/h4-15,28,30,33-34,37,48-49H,16-25H2,1-3H3,(H,43,52)(H,44,53). The summed E-state index contributed by atoms with van der Waals surface area (Å²) in [4.78, 5) is 77.8. The third-order valence-electron chi connectivity index (χ3n) is 10.2. The summed E-state index contributed by atoms with van der Waals surface area (Å²) in [5.74, 6) is -3.15. The molecule has 14 heteroatoms. The smallest absolute Gasteiger partial charge is 0.382 e. The fourth-order valence-electron chi connectivity index (χ4n) is 7.51. The highest BCUT2D eigenvalue weighted by molar-refractivity contribution is 6.02. The van der Waals surface area contributed by atoms with E-state index < -0.39 is 53.5 Å². The summed E-state index contributed by atoms with van der Waals surface area (Å²) >= 11 is 0. The maximum atomic E-state index is 13.9. The van der Waals surface area contributed by atoms with Gasteiger partial charge in [-0.2, -0.15) is 0 Å². The van der Waals surface area contributed by atoms with Gasteiger partial charge in [-0.05, 0) is 62.4 Å². The number of hydrogen-bond donors (Lipinski definition) is 4. The number of aliphatic hydroxyl groups excluding tert-OH is 2. The van der Waals surface area contributed by atoms with Gasteiger partial charge in [0.25, 0.3) is 11.8 Å². The average molecular weight is 755 g/mol. The van der Waals surface area contributed by atoms with Crippen LogP contribution in [0.25, 0.3) is 0 Å². The summed E-state index contributed by atoms with van der Waals surface area (Å²) in [5, 5.41) is 29.1. The number of hydroxylamine groups is 2. The first-order valence-electron chi connectivity index (χ1n) is 18.8. The molecule has 1 aliphatic carbocycles. The molecule has 5 atom stereocenters. The predicted molar refractivity (Wildman–Crippen MR) is 201 cm³/mol. The van der Waals surface area contributed by atoms with Crippen molar-refractivity contribution in [3.63, 3.8) is 0 Å². The summed E-state index contributed by atoms with van der Waals surface area (Å²) < 4.78 is 0. The molecule has 2 fully saturated rings. The Hall–Kier alpha value is -5.02. The minimum atomic E-state index is -0.949. The molecular weight excluding hydrogens is 704 g/mol. The van der Waals surface area contributed by atoms with Crippen molar-refractivity contribution in [1.82, 2.24) is 30.5 Å². The van der Waals surface area contributed by atoms with E-state index >= 15 is 0 Å². The van der Waals surface area contributed by atoms with Gasteiger partial charge in [0.1, 0.15) is 6.04 Å². The maximum Gasteiger partial charge on any atom is 0.382 e. The third kappa shape index (κ3) is 10.2. The first kappa shape index (κ1) is 39.7. The normalized spacial score (nSPS) is 21.5. The molecule has 6 rings (SSSR count). The van der Waals surface area contributed by atoms with Crippen LogP contribution in [0.1, 0.15) is 78.9 Å². The third-order valence-corrected chi connectivity index (χ3v) is 10.2. The van der Waals surface area contributed by atoms with Gasteiger partial charge in [0.05, 0.1) is 23.9 Å². The second-order valence-corrected chi connectivity index (χ2v) is 15.7. The molecule has 2 aromatic carbocycles. The molecule has 3 aromatic rings. The van der Waals surface area contributed by atoms with Crippen LogP contribution in [0.15, 0.2) is 72.8 Å². The van der Waals surface area contributed by atoms with Gasteiger partial charge in [0.15, 0.2) is 5.69 Å². The molecule has 4 amide bonds. The van der Waals surface area contributed by atoms with Gasteiger partial charge in [-0.1, -0.05) is 60.7 Å². The number of piperazine rings is 1. The Morgan fingerprint density at radius 1 is 0.945 bits per heavy atom. The van der Waals surface area contributed by atoms with Gasteiger partial charge in [-0.25, -0.2) is 9.78 Å². The molecule has 2 saturated heterocycles. The number of fused-ring (bicyclic) bond motifs is 1. The second kappa shape index (κ2) is 17.2. The summed E-state index contributed by atoms with van der Waals surface area (Å²) in [6.07, 6.45) is -0.752. The van der Waals surface area contributed by atoms with E-state index in [2.05, 4.69) is 15.6 Å². The van der Waals surface area contributed by atoms with E-state index in [4.69, 9.17) is 4.84 Å². The molecule has 0 bridgehead atoms. The van der Waals surface area contributed by atoms with E-state index in [0.717, 1.165) is 16.7 Å². The summed E-state index contributed by atoms with van der Waals surface area (Å²) in [7, 11) is 0. The fraction of sp³-hybridized carbons (Fsp3) is 0.463. The highest BCUT2D eigenvalue weighted by Crippen LogP contribution is 2.32. The van der Waals surface area contributed by atoms with Crippen LogP contribution in [0.3, 0.4) is 0 Å². The van der Waals surface area contributed by atoms with E-state index in [9.17, 15) is 34.2 Å². The molecule has 3 aliphatic rings. The Morgan fingerprint density at radius 3 is 2.38 bits per heavy atom. The summed E-state index contributed by atoms with van der Waals surface area (Å²) in [5.41, 5.74) is 2.79. The van der Waals surface area contributed by atoms with Crippen molar-refractivity contribution in [2.75, 3.05) is 26.2 Å². The van der Waals surface area contributed by atoms with Gasteiger partial charge < -0.3 is 25.7 Å². The van der Waals surface area contributed by atoms with Crippen LogP contribution >= 0.6 is 0 Å². The van der Waals surface area contributed by atoms with Gasteiger partial charge in [-0.3, -0.25) is 29.0 Å². The van der Waals surface area contributed by atoms with Crippen LogP contribution in [0, 0.1) is 5.92 Å². The van der Waals surface area contributed by atoms with E-state index in [0.29, 0.717) is 49.8 Å². The van der Waals surface area contributed by atoms with Crippen molar-refractivity contribution in [2.45, 2.75) is 89.3 Å². The number of carbonyl (C=O) groups excluding carboxylic acids is 5. The number of hydrogen-bond acceptors (Lipinski definition) is 11. The highest BCUT2D eigenvalue weighted by atomic mass is 16.7. The van der Waals surface area contributed by atoms with Gasteiger partial charge in [0.2, 0.25) is 11.8 Å². The first-order chi connectivity index (χ1) is 26.2. The van der Waals surface area contributed by atoms with Crippen molar-refractivity contribution in [2.24, 2.45) is 5.92 Å². The zero-order valence-corrected chi connectivity index (χ0v) is 31.5. The summed E-state index contributed by atoms with van der Waals surface area (Å²) in [6, 6.07) is 20.9. The molecule has 0 saturated carbocycles. The number of aliphatic hydroxyl groups is 2. The van der Waals surface area contributed by atoms with Crippen molar-refractivity contribution in [1.29, 1.82) is 0 Å². The number of rotatable bonds is 13. The number of amides is 4. The van der Waals surface area contributed by atoms with Crippen molar-refractivity contribution in [3.05, 3.63) is 101 Å². The monoisotopic (exact) mass is 754 g/mol. The van der Waals surface area contributed by atoms with Crippen molar-refractivity contribution < 1.29 is 39.0 Å². The van der Waals surface area contributed by atoms with Gasteiger partial charge >= 0.3 is 5.97 Å². The Labute approximate surface area is 320 Å². The zero-order valence-electron chi connectivity index (χ0n) is 31.5. The van der Waals surface area contributed by atoms with Crippen LogP contribution in [-0.2, 0) is 43.4 Å². The van der Waals surface area contributed by atoms with Crippen LogP contribution < -0.4 is 10.6 Å². The predicted octanol–water partition coefficient (Wildman–Crippen LogP) is 2.09. The lowest BCUT2D eigenvalue weighted by atomic mass is 9.91. The number of nitrogens with zero attached hydrogens (tertiary/aromatic N) is 4. The Balaban J connectivity index is 1.13. The number of benzene rings is 2. The minimum absolute atomic E-state index is 0.0168. The average Bonchev–Trinajstić information content (AvgIpc) is 3.63. The van der Waals surface area contributed by atoms with Crippen LogP contribution in [-0.4, -0.2) is 110 Å². The van der Waals surface area contributed by atoms with Crippen molar-refractivity contribution in [3.8, 4) is 0 Å². The topological polar surface area (TPSA) is 182 Å². The van der Waals surface area contributed by atoms with Crippen molar-refractivity contribution >= 4 is 29.6 Å². The minimum Gasteiger partial charge on any atom is -0.392 e. The number of imide groups is 1. The molecule has 55 heavy (non-hydrogen) atoms. The molecule has 4 N–H and O–H groups in total.